The third-order valence-corrected chi connectivity index (χ3v) is 12.3. The number of carbonyl (C=O) groups excluding carboxylic acids is 6. The second-order valence-corrected chi connectivity index (χ2v) is 17.7. The van der Waals surface area contributed by atoms with Crippen LogP contribution in [0.2, 0.25) is 0 Å². The zero-order valence-corrected chi connectivity index (χ0v) is 40.0. The van der Waals surface area contributed by atoms with Gasteiger partial charge in [-0.3, -0.25) is 48.7 Å². The van der Waals surface area contributed by atoms with Crippen molar-refractivity contribution in [2.45, 2.75) is 65.6 Å². The third-order valence-electron chi connectivity index (χ3n) is 12.3. The molecule has 0 spiro atoms. The number of carbonyl (C=O) groups is 6. The average Bonchev–Trinajstić information content (AvgIpc) is 3.59. The molecule has 1 atom stereocenters. The normalized spacial score (nSPS) is 16.0. The summed E-state index contributed by atoms with van der Waals surface area (Å²) in [4.78, 5) is 102. The van der Waals surface area contributed by atoms with E-state index in [9.17, 15) is 33.6 Å². The van der Waals surface area contributed by atoms with E-state index in [1.807, 2.05) is 52.0 Å². The second-order valence-electron chi connectivity index (χ2n) is 17.7. The Kier molecular flexibility index (Phi) is 16.9. The topological polar surface area (TPSA) is 260 Å². The molecular weight excluding hydrogens is 899 g/mol. The highest BCUT2D eigenvalue weighted by Gasteiger charge is 2.45. The molecular formula is C50H61N11O9. The van der Waals surface area contributed by atoms with Gasteiger partial charge in [0.15, 0.2) is 0 Å². The molecule has 3 aliphatic heterocycles. The number of ether oxygens (including phenoxy) is 2. The van der Waals surface area contributed by atoms with Crippen LogP contribution in [0.25, 0.3) is 11.1 Å². The van der Waals surface area contributed by atoms with Crippen LogP contribution >= 0.6 is 0 Å². The van der Waals surface area contributed by atoms with E-state index in [0.29, 0.717) is 80.5 Å². The number of aromatic nitrogens is 2. The molecule has 7 rings (SSSR count). The van der Waals surface area contributed by atoms with Crippen LogP contribution in [-0.2, 0) is 30.4 Å². The Morgan fingerprint density at radius 2 is 1.64 bits per heavy atom. The Balaban J connectivity index is 0.784. The van der Waals surface area contributed by atoms with E-state index in [2.05, 4.69) is 41.4 Å². The van der Waals surface area contributed by atoms with Crippen molar-refractivity contribution in [3.8, 4) is 11.1 Å². The maximum absolute atomic E-state index is 13.7. The molecule has 0 bridgehead atoms. The standard InChI is InChI=1S/C50H61N11O9/c1-30(2)56-40-26-34(25-36(37(40)27-51)46(64)55-29-38-31(3)24-32(4)57-47(38)65)33-8-10-42(54-28-33)60-18-16-59(17-19-60)15-12-43(62)53-14-21-70-23-22-69-20-13-52-39-7-5-6-35-45(39)50(68)61(49(35)67)41-9-11-44(63)58-48(41)66/h5-8,10,24-28,30,41,51-52,56H,9,11-23,29H2,1-4H3,(H,53,62)(H,55,64)(H,57,65)(H,58,63,66). The van der Waals surface area contributed by atoms with Crippen molar-refractivity contribution in [2.75, 3.05) is 87.8 Å². The Morgan fingerprint density at radius 3 is 2.33 bits per heavy atom. The van der Waals surface area contributed by atoms with Crippen LogP contribution in [0.4, 0.5) is 17.2 Å². The van der Waals surface area contributed by atoms with E-state index in [4.69, 9.17) is 19.9 Å². The molecule has 370 valence electrons. The molecule has 0 radical (unpaired) electrons. The number of hydrogen-bond acceptors (Lipinski definition) is 15. The van der Waals surface area contributed by atoms with Gasteiger partial charge in [0.2, 0.25) is 17.7 Å². The number of H-pyrrole nitrogens is 1. The van der Waals surface area contributed by atoms with Gasteiger partial charge < -0.3 is 46.0 Å². The summed E-state index contributed by atoms with van der Waals surface area (Å²) in [7, 11) is 0. The molecule has 20 nitrogen and oxygen atoms in total. The molecule has 6 amide bonds. The highest BCUT2D eigenvalue weighted by Crippen LogP contribution is 2.33. The lowest BCUT2D eigenvalue weighted by molar-refractivity contribution is -0.136. The van der Waals surface area contributed by atoms with Crippen LogP contribution in [-0.4, -0.2) is 146 Å². The minimum Gasteiger partial charge on any atom is -0.382 e. The summed E-state index contributed by atoms with van der Waals surface area (Å²) in [6.07, 6.45) is 3.44. The maximum Gasteiger partial charge on any atom is 0.264 e. The number of anilines is 3. The summed E-state index contributed by atoms with van der Waals surface area (Å²) in [6, 6.07) is 13.4. The predicted octanol–water partition coefficient (Wildman–Crippen LogP) is 2.98. The number of nitrogens with zero attached hydrogens (tertiary/aromatic N) is 4. The monoisotopic (exact) mass is 959 g/mol. The van der Waals surface area contributed by atoms with Gasteiger partial charge in [0, 0.05) is 117 Å². The van der Waals surface area contributed by atoms with E-state index in [1.165, 1.54) is 6.21 Å². The molecule has 2 fully saturated rings. The number of imide groups is 2. The lowest BCUT2D eigenvalue weighted by Gasteiger charge is -2.35. The minimum absolute atomic E-state index is 0.0373. The average molecular weight is 960 g/mol. The number of piperidine rings is 1. The molecule has 70 heavy (non-hydrogen) atoms. The van der Waals surface area contributed by atoms with Crippen LogP contribution < -0.4 is 37.0 Å². The Labute approximate surface area is 405 Å². The second kappa shape index (κ2) is 23.3. The van der Waals surface area contributed by atoms with Crippen LogP contribution in [0.15, 0.2) is 59.5 Å². The van der Waals surface area contributed by atoms with Gasteiger partial charge in [-0.1, -0.05) is 6.07 Å². The summed E-state index contributed by atoms with van der Waals surface area (Å²) in [6.45, 7) is 13.3. The molecule has 2 aromatic heterocycles. The van der Waals surface area contributed by atoms with Crippen molar-refractivity contribution >= 4 is 58.9 Å². The van der Waals surface area contributed by atoms with Crippen molar-refractivity contribution in [2.24, 2.45) is 0 Å². The van der Waals surface area contributed by atoms with E-state index in [-0.39, 0.29) is 48.0 Å². The molecule has 4 aromatic rings. The zero-order valence-electron chi connectivity index (χ0n) is 40.0. The van der Waals surface area contributed by atoms with Crippen molar-refractivity contribution < 1.29 is 38.2 Å². The van der Waals surface area contributed by atoms with Crippen LogP contribution in [0.5, 0.6) is 0 Å². The van der Waals surface area contributed by atoms with Gasteiger partial charge in [0.25, 0.3) is 23.3 Å². The van der Waals surface area contributed by atoms with E-state index >= 15 is 0 Å². The smallest absolute Gasteiger partial charge is 0.264 e. The molecule has 2 saturated heterocycles. The lowest BCUT2D eigenvalue weighted by atomic mass is 9.97. The van der Waals surface area contributed by atoms with E-state index < -0.39 is 35.6 Å². The number of piperazine rings is 1. The summed E-state index contributed by atoms with van der Waals surface area (Å²) in [5, 5.41) is 22.7. The Bertz CT molecular complexity index is 2680. The third kappa shape index (κ3) is 12.3. The van der Waals surface area contributed by atoms with Crippen LogP contribution in [0.3, 0.4) is 0 Å². The highest BCUT2D eigenvalue weighted by atomic mass is 16.5. The van der Waals surface area contributed by atoms with Gasteiger partial charge in [-0.2, -0.15) is 0 Å². The summed E-state index contributed by atoms with van der Waals surface area (Å²) >= 11 is 0. The predicted molar refractivity (Wildman–Crippen MR) is 264 cm³/mol. The van der Waals surface area contributed by atoms with Gasteiger partial charge in [-0.15, -0.1) is 0 Å². The molecule has 1 unspecified atom stereocenters. The van der Waals surface area contributed by atoms with Gasteiger partial charge in [0.1, 0.15) is 11.9 Å². The zero-order chi connectivity index (χ0) is 49.9. The molecule has 7 N–H and O–H groups in total. The number of hydrogen-bond donors (Lipinski definition) is 7. The van der Waals surface area contributed by atoms with Gasteiger partial charge in [-0.25, -0.2) is 4.98 Å². The number of benzene rings is 2. The fourth-order valence-electron chi connectivity index (χ4n) is 8.76. The van der Waals surface area contributed by atoms with Crippen LogP contribution in [0.1, 0.15) is 86.6 Å². The Morgan fingerprint density at radius 1 is 0.886 bits per heavy atom. The van der Waals surface area contributed by atoms with Crippen molar-refractivity contribution in [3.63, 3.8) is 0 Å². The number of fused-ring (bicyclic) bond motifs is 1. The fourth-order valence-corrected chi connectivity index (χ4v) is 8.76. The molecule has 2 aromatic carbocycles. The highest BCUT2D eigenvalue weighted by molar-refractivity contribution is 6.25. The van der Waals surface area contributed by atoms with Gasteiger partial charge in [-0.05, 0) is 87.7 Å². The van der Waals surface area contributed by atoms with E-state index in [1.54, 1.807) is 30.5 Å². The molecule has 5 heterocycles. The number of rotatable bonds is 22. The number of pyridine rings is 2. The van der Waals surface area contributed by atoms with Crippen molar-refractivity contribution in [1.29, 1.82) is 5.41 Å². The maximum atomic E-state index is 13.7. The molecule has 0 aliphatic carbocycles. The van der Waals surface area contributed by atoms with Crippen molar-refractivity contribution in [1.82, 2.24) is 35.7 Å². The quantitative estimate of drug-likeness (QED) is 0.0340. The molecule has 3 aliphatic rings. The lowest BCUT2D eigenvalue weighted by Crippen LogP contribution is -2.54. The minimum atomic E-state index is -1.04. The summed E-state index contributed by atoms with van der Waals surface area (Å²) in [5.41, 5.74) is 5.55. The molecule has 0 saturated carbocycles. The first-order valence-corrected chi connectivity index (χ1v) is 23.6. The number of aryl methyl sites for hydroxylation is 2. The van der Waals surface area contributed by atoms with E-state index in [0.717, 1.165) is 59.3 Å². The molecule has 20 heteroatoms. The summed E-state index contributed by atoms with van der Waals surface area (Å²) < 4.78 is 11.3. The van der Waals surface area contributed by atoms with Gasteiger partial charge >= 0.3 is 0 Å². The first kappa shape index (κ1) is 50.6. The first-order valence-electron chi connectivity index (χ1n) is 23.6. The largest absolute Gasteiger partial charge is 0.382 e. The van der Waals surface area contributed by atoms with Gasteiger partial charge in [0.05, 0.1) is 43.1 Å². The number of aromatic amines is 1. The van der Waals surface area contributed by atoms with Crippen LogP contribution in [0, 0.1) is 19.3 Å². The first-order chi connectivity index (χ1) is 33.7. The summed E-state index contributed by atoms with van der Waals surface area (Å²) in [5.74, 6) is -1.87. The van der Waals surface area contributed by atoms with Crippen molar-refractivity contribution in [3.05, 3.63) is 104 Å². The Hall–Kier alpha value is -7.29. The number of nitrogens with one attached hydrogen (secondary N) is 7. The number of amides is 6. The fraction of sp³-hybridized carbons (Fsp3) is 0.420. The SMILES string of the molecule is Cc1cc(C)c(CNC(=O)c2cc(-c3ccc(N4CCN(CCC(=O)NCCOCCOCCNc5cccc6c5C(=O)N(C5CCC(=O)NC5=O)C6=O)CC4)nc3)cc(NC(C)C)c2C=N)c(=O)[nH]1.